The molecule has 1 atom stereocenters. The maximum Gasteiger partial charge on any atom is 0.243 e. The van der Waals surface area contributed by atoms with E-state index in [0.29, 0.717) is 5.82 Å². The number of nitrogens with one attached hydrogen (secondary N) is 1. The standard InChI is InChI=1S/C20H28N4O2/c1-7-18(25)21-15(6)20-22-16-10-8-9-11-17(16)23(20)12-19(26)24(13(2)3)14(4)5/h7-11,13-15H,1,12H2,2-6H3,(H,21,25). The second-order valence-corrected chi connectivity index (χ2v) is 6.97. The van der Waals surface area contributed by atoms with Crippen molar-refractivity contribution in [1.82, 2.24) is 19.8 Å². The topological polar surface area (TPSA) is 67.2 Å². The highest BCUT2D eigenvalue weighted by Crippen LogP contribution is 2.21. The third-order valence-electron chi connectivity index (χ3n) is 4.31. The first-order valence-corrected chi connectivity index (χ1v) is 8.95. The Morgan fingerprint density at radius 1 is 1.19 bits per heavy atom. The van der Waals surface area contributed by atoms with E-state index in [0.717, 1.165) is 11.0 Å². The predicted octanol–water partition coefficient (Wildman–Crippen LogP) is 3.04. The summed E-state index contributed by atoms with van der Waals surface area (Å²) in [6, 6.07) is 7.56. The molecule has 0 bridgehead atoms. The van der Waals surface area contributed by atoms with Crippen LogP contribution in [0.15, 0.2) is 36.9 Å². The Morgan fingerprint density at radius 3 is 2.38 bits per heavy atom. The first-order chi connectivity index (χ1) is 12.3. The van der Waals surface area contributed by atoms with Crippen LogP contribution in [0.4, 0.5) is 0 Å². The molecule has 0 saturated heterocycles. The van der Waals surface area contributed by atoms with Gasteiger partial charge in [-0.25, -0.2) is 4.98 Å². The fraction of sp³-hybridized carbons (Fsp3) is 0.450. The smallest absolute Gasteiger partial charge is 0.243 e. The number of aromatic nitrogens is 2. The first-order valence-electron chi connectivity index (χ1n) is 8.95. The van der Waals surface area contributed by atoms with E-state index in [1.54, 1.807) is 0 Å². The van der Waals surface area contributed by atoms with Crippen LogP contribution in [0.1, 0.15) is 46.5 Å². The van der Waals surface area contributed by atoms with Crippen LogP contribution in [0.5, 0.6) is 0 Å². The summed E-state index contributed by atoms with van der Waals surface area (Å²) in [6.45, 7) is 13.6. The zero-order valence-corrected chi connectivity index (χ0v) is 16.2. The number of benzene rings is 1. The molecular formula is C20H28N4O2. The molecule has 0 saturated carbocycles. The minimum absolute atomic E-state index is 0.0293. The molecule has 1 heterocycles. The number of amides is 2. The van der Waals surface area contributed by atoms with Crippen molar-refractivity contribution in [3.8, 4) is 0 Å². The van der Waals surface area contributed by atoms with E-state index in [-0.39, 0.29) is 36.5 Å². The first kappa shape index (κ1) is 19.7. The summed E-state index contributed by atoms with van der Waals surface area (Å²) < 4.78 is 1.89. The lowest BCUT2D eigenvalue weighted by molar-refractivity contribution is -0.135. The minimum Gasteiger partial charge on any atom is -0.343 e. The monoisotopic (exact) mass is 356 g/mol. The highest BCUT2D eigenvalue weighted by atomic mass is 16.2. The van der Waals surface area contributed by atoms with Gasteiger partial charge in [-0.15, -0.1) is 0 Å². The van der Waals surface area contributed by atoms with Crippen molar-refractivity contribution >= 4 is 22.8 Å². The third kappa shape index (κ3) is 4.12. The minimum atomic E-state index is -0.341. The van der Waals surface area contributed by atoms with Gasteiger partial charge in [0.15, 0.2) is 0 Å². The molecule has 0 aliphatic rings. The van der Waals surface area contributed by atoms with Crippen molar-refractivity contribution in [2.24, 2.45) is 0 Å². The molecule has 140 valence electrons. The summed E-state index contributed by atoms with van der Waals surface area (Å²) in [6.07, 6.45) is 1.23. The summed E-state index contributed by atoms with van der Waals surface area (Å²) in [4.78, 5) is 31.2. The van der Waals surface area contributed by atoms with E-state index in [4.69, 9.17) is 0 Å². The van der Waals surface area contributed by atoms with Gasteiger partial charge in [-0.3, -0.25) is 9.59 Å². The Balaban J connectivity index is 2.44. The van der Waals surface area contributed by atoms with Crippen LogP contribution in [0.2, 0.25) is 0 Å². The second-order valence-electron chi connectivity index (χ2n) is 6.97. The van der Waals surface area contributed by atoms with Crippen molar-refractivity contribution in [3.05, 3.63) is 42.7 Å². The number of carbonyl (C=O) groups excluding carboxylic acids is 2. The van der Waals surface area contributed by atoms with Gasteiger partial charge < -0.3 is 14.8 Å². The zero-order valence-electron chi connectivity index (χ0n) is 16.2. The molecule has 2 rings (SSSR count). The quantitative estimate of drug-likeness (QED) is 0.776. The maximum absolute atomic E-state index is 13.0. The van der Waals surface area contributed by atoms with Crippen molar-refractivity contribution in [1.29, 1.82) is 0 Å². The normalized spacial score (nSPS) is 12.4. The van der Waals surface area contributed by atoms with Crippen LogP contribution < -0.4 is 5.32 Å². The van der Waals surface area contributed by atoms with Gasteiger partial charge in [-0.2, -0.15) is 0 Å². The molecule has 6 heteroatoms. The number of imidazole rings is 1. The van der Waals surface area contributed by atoms with Crippen LogP contribution in [-0.4, -0.2) is 38.3 Å². The molecule has 0 spiro atoms. The molecule has 1 N–H and O–H groups in total. The number of carbonyl (C=O) groups is 2. The number of para-hydroxylation sites is 2. The number of hydrogen-bond acceptors (Lipinski definition) is 3. The molecule has 0 aliphatic heterocycles. The van der Waals surface area contributed by atoms with Crippen molar-refractivity contribution in [2.75, 3.05) is 0 Å². The number of hydrogen-bond donors (Lipinski definition) is 1. The molecule has 0 radical (unpaired) electrons. The molecule has 0 aliphatic carbocycles. The second kappa shape index (κ2) is 8.17. The van der Waals surface area contributed by atoms with Gasteiger partial charge in [-0.1, -0.05) is 18.7 Å². The molecule has 26 heavy (non-hydrogen) atoms. The SMILES string of the molecule is C=CC(=O)NC(C)c1nc2ccccc2n1CC(=O)N(C(C)C)C(C)C. The summed E-state index contributed by atoms with van der Waals surface area (Å²) >= 11 is 0. The molecule has 1 aromatic heterocycles. The third-order valence-corrected chi connectivity index (χ3v) is 4.31. The summed E-state index contributed by atoms with van der Waals surface area (Å²) in [7, 11) is 0. The molecule has 1 unspecified atom stereocenters. The van der Waals surface area contributed by atoms with Gasteiger partial charge >= 0.3 is 0 Å². The van der Waals surface area contributed by atoms with Gasteiger partial charge in [0.25, 0.3) is 0 Å². The van der Waals surface area contributed by atoms with Crippen LogP contribution >= 0.6 is 0 Å². The van der Waals surface area contributed by atoms with E-state index in [9.17, 15) is 9.59 Å². The summed E-state index contributed by atoms with van der Waals surface area (Å²) in [5.41, 5.74) is 1.68. The lowest BCUT2D eigenvalue weighted by Gasteiger charge is -2.31. The summed E-state index contributed by atoms with van der Waals surface area (Å²) in [5, 5.41) is 2.83. The number of rotatable bonds is 7. The molecule has 2 amide bonds. The van der Waals surface area contributed by atoms with E-state index >= 15 is 0 Å². The molecule has 0 fully saturated rings. The van der Waals surface area contributed by atoms with Gasteiger partial charge in [0.1, 0.15) is 12.4 Å². The van der Waals surface area contributed by atoms with Gasteiger partial charge in [0, 0.05) is 12.1 Å². The average Bonchev–Trinajstić information content (AvgIpc) is 2.92. The number of nitrogens with zero attached hydrogens (tertiary/aromatic N) is 3. The molecule has 1 aromatic carbocycles. The maximum atomic E-state index is 13.0. The Bertz CT molecular complexity index is 799. The molecule has 6 nitrogen and oxygen atoms in total. The Labute approximate surface area is 154 Å². The molecule has 2 aromatic rings. The summed E-state index contributed by atoms with van der Waals surface area (Å²) in [5.74, 6) is 0.414. The lowest BCUT2D eigenvalue weighted by Crippen LogP contribution is -2.44. The van der Waals surface area contributed by atoms with Crippen LogP contribution in [-0.2, 0) is 16.1 Å². The lowest BCUT2D eigenvalue weighted by atomic mass is 10.2. The predicted molar refractivity (Wildman–Crippen MR) is 104 cm³/mol. The number of fused-ring (bicyclic) bond motifs is 1. The fourth-order valence-corrected chi connectivity index (χ4v) is 3.32. The van der Waals surface area contributed by atoms with Gasteiger partial charge in [0.05, 0.1) is 17.1 Å². The largest absolute Gasteiger partial charge is 0.343 e. The van der Waals surface area contributed by atoms with E-state index in [1.165, 1.54) is 6.08 Å². The van der Waals surface area contributed by atoms with Crippen LogP contribution in [0.25, 0.3) is 11.0 Å². The fourth-order valence-electron chi connectivity index (χ4n) is 3.32. The van der Waals surface area contributed by atoms with Crippen molar-refractivity contribution < 1.29 is 9.59 Å². The van der Waals surface area contributed by atoms with E-state index in [1.807, 2.05) is 68.4 Å². The Hall–Kier alpha value is -2.63. The zero-order chi connectivity index (χ0) is 19.4. The van der Waals surface area contributed by atoms with Gasteiger partial charge in [0.2, 0.25) is 11.8 Å². The van der Waals surface area contributed by atoms with Crippen molar-refractivity contribution in [3.63, 3.8) is 0 Å². The highest BCUT2D eigenvalue weighted by molar-refractivity contribution is 5.87. The van der Waals surface area contributed by atoms with E-state index < -0.39 is 0 Å². The van der Waals surface area contributed by atoms with Gasteiger partial charge in [-0.05, 0) is 52.8 Å². The van der Waals surface area contributed by atoms with Crippen LogP contribution in [0.3, 0.4) is 0 Å². The van der Waals surface area contributed by atoms with E-state index in [2.05, 4.69) is 16.9 Å². The van der Waals surface area contributed by atoms with Crippen molar-refractivity contribution in [2.45, 2.75) is 59.3 Å². The Morgan fingerprint density at radius 2 is 1.81 bits per heavy atom. The average molecular weight is 356 g/mol. The molecular weight excluding hydrogens is 328 g/mol. The van der Waals surface area contributed by atoms with Crippen LogP contribution in [0, 0.1) is 0 Å². The Kier molecular flexibility index (Phi) is 6.18. The highest BCUT2D eigenvalue weighted by Gasteiger charge is 2.24.